The van der Waals surface area contributed by atoms with E-state index in [1.807, 2.05) is 0 Å². The van der Waals surface area contributed by atoms with Gasteiger partial charge in [-0.15, -0.1) is 0 Å². The van der Waals surface area contributed by atoms with E-state index in [2.05, 4.69) is 42.3 Å². The van der Waals surface area contributed by atoms with Crippen molar-refractivity contribution in [3.05, 3.63) is 18.2 Å². The van der Waals surface area contributed by atoms with E-state index in [0.717, 1.165) is 0 Å². The fraction of sp³-hybridized carbons (Fsp3) is 0.938. The summed E-state index contributed by atoms with van der Waals surface area (Å²) in [7, 11) is 0. The lowest BCUT2D eigenvalue weighted by molar-refractivity contribution is -0.704. The first-order valence-corrected chi connectivity index (χ1v) is 23.9. The standard InChI is InChI=1S/C48H95N2/c1-4-7-10-13-16-19-21-23-25-26-28-30-32-34-37-40-43-48-49(44-41-38-35-18-15-12-9-6-3)46-47-50(48)45-42-39-36-33-31-29-27-24-22-20-17-14-11-8-5-2/h46-47H,4-45H2,1-3H3/q+1. The summed E-state index contributed by atoms with van der Waals surface area (Å²) in [5.74, 6) is 1.63. The maximum Gasteiger partial charge on any atom is 0.256 e. The fourth-order valence-electron chi connectivity index (χ4n) is 8.09. The molecule has 1 heterocycles. The molecular weight excluding hydrogens is 605 g/mol. The smallest absolute Gasteiger partial charge is 0.234 e. The zero-order chi connectivity index (χ0) is 35.8. The minimum atomic E-state index is 1.23. The second-order valence-corrected chi connectivity index (χ2v) is 16.6. The number of unbranched alkanes of at least 4 members (excludes halogenated alkanes) is 36. The fourth-order valence-corrected chi connectivity index (χ4v) is 8.09. The average Bonchev–Trinajstić information content (AvgIpc) is 3.51. The molecule has 0 aliphatic carbocycles. The number of imidazole rings is 1. The monoisotopic (exact) mass is 700 g/mol. The molecule has 1 rings (SSSR count). The van der Waals surface area contributed by atoms with E-state index >= 15 is 0 Å². The molecular formula is C48H95N2+. The summed E-state index contributed by atoms with van der Waals surface area (Å²) in [6.45, 7) is 9.41. The summed E-state index contributed by atoms with van der Waals surface area (Å²) in [4.78, 5) is 0. The highest BCUT2D eigenvalue weighted by Crippen LogP contribution is 2.17. The van der Waals surface area contributed by atoms with Crippen molar-refractivity contribution in [3.8, 4) is 0 Å². The summed E-state index contributed by atoms with van der Waals surface area (Å²) < 4.78 is 5.30. The molecule has 0 aliphatic heterocycles. The van der Waals surface area contributed by atoms with Gasteiger partial charge in [-0.05, 0) is 32.1 Å². The Balaban J connectivity index is 2.22. The SMILES string of the molecule is CCCCCCCCCCCCCCCCCCc1n(CCCCCCCCCC)cc[n+]1CCCCCCCCCCCCCCCCC. The van der Waals surface area contributed by atoms with Crippen LogP contribution in [0.1, 0.15) is 277 Å². The van der Waals surface area contributed by atoms with E-state index in [1.165, 1.54) is 270 Å². The van der Waals surface area contributed by atoms with Crippen molar-refractivity contribution in [1.82, 2.24) is 4.57 Å². The maximum atomic E-state index is 2.65. The van der Waals surface area contributed by atoms with Crippen LogP contribution in [-0.2, 0) is 19.5 Å². The minimum absolute atomic E-state index is 1.23. The molecule has 0 unspecified atom stereocenters. The molecule has 0 spiro atoms. The molecule has 0 saturated heterocycles. The molecule has 0 N–H and O–H groups in total. The van der Waals surface area contributed by atoms with E-state index in [-0.39, 0.29) is 0 Å². The van der Waals surface area contributed by atoms with Crippen molar-refractivity contribution in [1.29, 1.82) is 0 Å². The largest absolute Gasteiger partial charge is 0.256 e. The summed E-state index contributed by atoms with van der Waals surface area (Å²) in [6.07, 6.45) is 62.3. The molecule has 0 saturated carbocycles. The van der Waals surface area contributed by atoms with Crippen LogP contribution in [-0.4, -0.2) is 4.57 Å². The van der Waals surface area contributed by atoms with Crippen molar-refractivity contribution < 1.29 is 4.57 Å². The van der Waals surface area contributed by atoms with Crippen LogP contribution in [0.15, 0.2) is 12.4 Å². The van der Waals surface area contributed by atoms with Gasteiger partial charge in [0.1, 0.15) is 12.4 Å². The maximum absolute atomic E-state index is 2.65. The molecule has 296 valence electrons. The predicted molar refractivity (Wildman–Crippen MR) is 225 cm³/mol. The minimum Gasteiger partial charge on any atom is -0.234 e. The summed E-state index contributed by atoms with van der Waals surface area (Å²) in [6, 6.07) is 0. The summed E-state index contributed by atoms with van der Waals surface area (Å²) in [5, 5.41) is 0. The van der Waals surface area contributed by atoms with Gasteiger partial charge in [0.15, 0.2) is 0 Å². The normalized spacial score (nSPS) is 11.7. The van der Waals surface area contributed by atoms with Crippen LogP contribution in [0.2, 0.25) is 0 Å². The Labute approximate surface area is 317 Å². The van der Waals surface area contributed by atoms with E-state index in [0.29, 0.717) is 0 Å². The molecule has 2 heteroatoms. The molecule has 0 amide bonds. The highest BCUT2D eigenvalue weighted by Gasteiger charge is 2.16. The van der Waals surface area contributed by atoms with Gasteiger partial charge in [0.05, 0.1) is 13.1 Å². The van der Waals surface area contributed by atoms with Crippen molar-refractivity contribution in [2.75, 3.05) is 0 Å². The van der Waals surface area contributed by atoms with Gasteiger partial charge < -0.3 is 0 Å². The zero-order valence-corrected chi connectivity index (χ0v) is 35.2. The van der Waals surface area contributed by atoms with E-state index in [1.54, 1.807) is 5.82 Å². The van der Waals surface area contributed by atoms with Crippen molar-refractivity contribution in [3.63, 3.8) is 0 Å². The lowest BCUT2D eigenvalue weighted by Gasteiger charge is -2.07. The third-order valence-electron chi connectivity index (χ3n) is 11.6. The van der Waals surface area contributed by atoms with Gasteiger partial charge in [-0.1, -0.05) is 239 Å². The Morgan fingerprint density at radius 1 is 0.340 bits per heavy atom. The van der Waals surface area contributed by atoms with Gasteiger partial charge in [-0.25, -0.2) is 9.13 Å². The molecule has 0 atom stereocenters. The molecule has 1 aromatic heterocycles. The van der Waals surface area contributed by atoms with Crippen LogP contribution >= 0.6 is 0 Å². The second kappa shape index (κ2) is 39.4. The van der Waals surface area contributed by atoms with Crippen molar-refractivity contribution in [2.24, 2.45) is 0 Å². The Morgan fingerprint density at radius 2 is 0.620 bits per heavy atom. The Kier molecular flexibility index (Phi) is 37.2. The third-order valence-corrected chi connectivity index (χ3v) is 11.6. The van der Waals surface area contributed by atoms with Crippen molar-refractivity contribution in [2.45, 2.75) is 291 Å². The van der Waals surface area contributed by atoms with Crippen LogP contribution in [0.25, 0.3) is 0 Å². The van der Waals surface area contributed by atoms with Crippen LogP contribution in [0.5, 0.6) is 0 Å². The van der Waals surface area contributed by atoms with Crippen LogP contribution < -0.4 is 4.57 Å². The zero-order valence-electron chi connectivity index (χ0n) is 35.2. The van der Waals surface area contributed by atoms with Crippen molar-refractivity contribution >= 4 is 0 Å². The van der Waals surface area contributed by atoms with Gasteiger partial charge in [-0.3, -0.25) is 0 Å². The number of hydrogen-bond acceptors (Lipinski definition) is 0. The first-order valence-electron chi connectivity index (χ1n) is 23.9. The Bertz CT molecular complexity index is 766. The van der Waals surface area contributed by atoms with Crippen LogP contribution in [0.3, 0.4) is 0 Å². The lowest BCUT2D eigenvalue weighted by atomic mass is 10.0. The molecule has 2 nitrogen and oxygen atoms in total. The Hall–Kier alpha value is -0.790. The van der Waals surface area contributed by atoms with Gasteiger partial charge in [-0.2, -0.15) is 0 Å². The van der Waals surface area contributed by atoms with E-state index < -0.39 is 0 Å². The number of aromatic nitrogens is 2. The molecule has 0 bridgehead atoms. The van der Waals surface area contributed by atoms with Gasteiger partial charge in [0.2, 0.25) is 0 Å². The molecule has 0 fully saturated rings. The summed E-state index contributed by atoms with van der Waals surface area (Å²) >= 11 is 0. The number of rotatable bonds is 42. The third kappa shape index (κ3) is 30.8. The predicted octanol–water partition coefficient (Wildman–Crippen LogP) is 16.6. The molecule has 0 aliphatic rings. The summed E-state index contributed by atoms with van der Waals surface area (Å²) in [5.41, 5.74) is 0. The number of nitrogens with zero attached hydrogens (tertiary/aromatic N) is 2. The number of aryl methyl sites for hydroxylation is 2. The number of hydrogen-bond donors (Lipinski definition) is 0. The Morgan fingerprint density at radius 3 is 0.960 bits per heavy atom. The highest BCUT2D eigenvalue weighted by atomic mass is 15.1. The molecule has 1 aromatic rings. The quantitative estimate of drug-likeness (QED) is 0.0474. The highest BCUT2D eigenvalue weighted by molar-refractivity contribution is 4.84. The molecule has 0 aromatic carbocycles. The topological polar surface area (TPSA) is 8.81 Å². The first-order chi connectivity index (χ1) is 24.8. The van der Waals surface area contributed by atoms with Gasteiger partial charge >= 0.3 is 0 Å². The van der Waals surface area contributed by atoms with E-state index in [9.17, 15) is 0 Å². The van der Waals surface area contributed by atoms with Gasteiger partial charge in [0, 0.05) is 6.42 Å². The van der Waals surface area contributed by atoms with Crippen LogP contribution in [0, 0.1) is 0 Å². The molecule has 50 heavy (non-hydrogen) atoms. The molecule has 0 radical (unpaired) electrons. The average molecular weight is 700 g/mol. The first kappa shape index (κ1) is 47.2. The second-order valence-electron chi connectivity index (χ2n) is 16.6. The van der Waals surface area contributed by atoms with Crippen LogP contribution in [0.4, 0.5) is 0 Å². The lowest BCUT2D eigenvalue weighted by Crippen LogP contribution is -2.37. The van der Waals surface area contributed by atoms with E-state index in [4.69, 9.17) is 0 Å². The van der Waals surface area contributed by atoms with Gasteiger partial charge in [0.25, 0.3) is 5.82 Å².